The molecule has 0 bridgehead atoms. The van der Waals surface area contributed by atoms with Gasteiger partial charge in [0.1, 0.15) is 5.75 Å². The molecule has 4 aliphatic heterocycles. The van der Waals surface area contributed by atoms with Crippen molar-refractivity contribution < 1.29 is 37.7 Å². The molecule has 4 fully saturated rings. The van der Waals surface area contributed by atoms with Crippen molar-refractivity contribution in [2.45, 2.75) is 80.6 Å². The second-order valence-electron chi connectivity index (χ2n) is 14.4. The molecule has 1 saturated carbocycles. The zero-order valence-electron chi connectivity index (χ0n) is 28.0. The molecule has 260 valence electrons. The summed E-state index contributed by atoms with van der Waals surface area (Å²) in [7, 11) is 5.05. The van der Waals surface area contributed by atoms with Gasteiger partial charge in [-0.05, 0) is 67.9 Å². The lowest BCUT2D eigenvalue weighted by Gasteiger charge is -2.49. The maximum Gasteiger partial charge on any atom is 0.306 e. The van der Waals surface area contributed by atoms with E-state index in [4.69, 9.17) is 14.2 Å². The average Bonchev–Trinajstić information content (AvgIpc) is 3.75. The maximum atomic E-state index is 15.1. The fourth-order valence-electron chi connectivity index (χ4n) is 9.67. The smallest absolute Gasteiger partial charge is 0.306 e. The van der Waals surface area contributed by atoms with Gasteiger partial charge in [0.15, 0.2) is 5.60 Å². The minimum absolute atomic E-state index is 0.0174. The number of halogens is 2. The summed E-state index contributed by atoms with van der Waals surface area (Å²) in [6, 6.07) is 13.0. The Balaban J connectivity index is 1.22. The minimum atomic E-state index is -2.60. The number of fused-ring (bicyclic) bond motifs is 6. The summed E-state index contributed by atoms with van der Waals surface area (Å²) in [5.74, 6) is -0.956. The first-order valence-corrected chi connectivity index (χ1v) is 17.3. The molecule has 3 unspecified atom stereocenters. The number of hydrogen-bond acceptors (Lipinski definition) is 7. The second kappa shape index (κ2) is 13.2. The van der Waals surface area contributed by atoms with Gasteiger partial charge < -0.3 is 29.1 Å². The number of amides is 1. The average molecular weight is 668 g/mol. The molecule has 2 aromatic rings. The number of carbonyl (C=O) groups is 2. The SMILES string of the molecule is COc1ccc([C@@H]2CN([C@H]3CC[C@H](OC)CC3)CC2(OC)C(=O)N2C[C@@H]3c4ccc(C(F)F)cc4N4CCC(C(=O)O)CC4[C@H]3C2)cc1. The molecule has 0 spiro atoms. The molecule has 9 nitrogen and oxygen atoms in total. The lowest BCUT2D eigenvalue weighted by atomic mass is 9.73. The summed E-state index contributed by atoms with van der Waals surface area (Å²) in [5, 5.41) is 9.94. The molecule has 0 radical (unpaired) electrons. The number of piperidine rings is 1. The van der Waals surface area contributed by atoms with E-state index < -0.39 is 23.9 Å². The van der Waals surface area contributed by atoms with Crippen molar-refractivity contribution in [3.63, 3.8) is 0 Å². The number of nitrogens with zero attached hydrogens (tertiary/aromatic N) is 3. The Morgan fingerprint density at radius 3 is 2.35 bits per heavy atom. The second-order valence-corrected chi connectivity index (χ2v) is 14.4. The number of likely N-dealkylation sites (tertiary alicyclic amines) is 2. The van der Waals surface area contributed by atoms with Crippen LogP contribution in [0.1, 0.15) is 73.5 Å². The summed E-state index contributed by atoms with van der Waals surface area (Å²) in [6.45, 7) is 2.54. The van der Waals surface area contributed by atoms with Crippen molar-refractivity contribution in [3.05, 3.63) is 59.2 Å². The third-order valence-corrected chi connectivity index (χ3v) is 12.3. The number of benzene rings is 2. The Labute approximate surface area is 281 Å². The normalized spacial score (nSPS) is 33.3. The third-order valence-electron chi connectivity index (χ3n) is 12.3. The molecular formula is C37H47F2N3O6. The van der Waals surface area contributed by atoms with Crippen molar-refractivity contribution in [1.82, 2.24) is 9.80 Å². The predicted molar refractivity (Wildman–Crippen MR) is 176 cm³/mol. The first-order valence-electron chi connectivity index (χ1n) is 17.3. The number of alkyl halides is 2. The van der Waals surface area contributed by atoms with Gasteiger partial charge in [0.05, 0.1) is 19.1 Å². The zero-order chi connectivity index (χ0) is 33.7. The van der Waals surface area contributed by atoms with E-state index in [0.29, 0.717) is 51.6 Å². The first-order chi connectivity index (χ1) is 23.2. The Morgan fingerprint density at radius 1 is 0.958 bits per heavy atom. The van der Waals surface area contributed by atoms with Crippen LogP contribution < -0.4 is 9.64 Å². The van der Waals surface area contributed by atoms with E-state index in [-0.39, 0.29) is 41.4 Å². The van der Waals surface area contributed by atoms with Gasteiger partial charge in [-0.25, -0.2) is 8.78 Å². The highest BCUT2D eigenvalue weighted by atomic mass is 19.3. The molecule has 2 aromatic carbocycles. The van der Waals surface area contributed by atoms with Crippen LogP contribution in [0.2, 0.25) is 0 Å². The molecule has 3 saturated heterocycles. The van der Waals surface area contributed by atoms with Crippen LogP contribution in [0.25, 0.3) is 0 Å². The summed E-state index contributed by atoms with van der Waals surface area (Å²) < 4.78 is 45.2. The lowest BCUT2D eigenvalue weighted by Crippen LogP contribution is -2.55. The largest absolute Gasteiger partial charge is 0.497 e. The Hall–Kier alpha value is -3.28. The number of aliphatic carboxylic acids is 1. The number of rotatable bonds is 8. The fourth-order valence-corrected chi connectivity index (χ4v) is 9.67. The summed E-state index contributed by atoms with van der Waals surface area (Å²) in [5.41, 5.74) is 1.57. The van der Waals surface area contributed by atoms with E-state index >= 15 is 4.79 Å². The van der Waals surface area contributed by atoms with Crippen LogP contribution >= 0.6 is 0 Å². The van der Waals surface area contributed by atoms with Crippen molar-refractivity contribution in [2.24, 2.45) is 11.8 Å². The first kappa shape index (κ1) is 33.2. The number of carboxylic acid groups (broad SMARTS) is 1. The van der Waals surface area contributed by atoms with Crippen molar-refractivity contribution in [3.8, 4) is 5.75 Å². The molecule has 6 atom stereocenters. The van der Waals surface area contributed by atoms with E-state index in [1.54, 1.807) is 27.4 Å². The predicted octanol–water partition coefficient (Wildman–Crippen LogP) is 5.30. The van der Waals surface area contributed by atoms with E-state index in [1.807, 2.05) is 35.2 Å². The minimum Gasteiger partial charge on any atom is -0.497 e. The Morgan fingerprint density at radius 2 is 1.71 bits per heavy atom. The van der Waals surface area contributed by atoms with Crippen molar-refractivity contribution in [1.29, 1.82) is 0 Å². The Kier molecular flexibility index (Phi) is 9.14. The van der Waals surface area contributed by atoms with Gasteiger partial charge in [0.25, 0.3) is 12.3 Å². The monoisotopic (exact) mass is 667 g/mol. The Bertz CT molecular complexity index is 1500. The highest BCUT2D eigenvalue weighted by Gasteiger charge is 2.59. The molecule has 1 N–H and O–H groups in total. The number of methoxy groups -OCH3 is 3. The molecular weight excluding hydrogens is 620 g/mol. The van der Waals surface area contributed by atoms with E-state index in [2.05, 4.69) is 9.80 Å². The quantitative estimate of drug-likeness (QED) is 0.406. The van der Waals surface area contributed by atoms with Crippen molar-refractivity contribution in [2.75, 3.05) is 59.0 Å². The molecule has 11 heteroatoms. The van der Waals surface area contributed by atoms with Crippen LogP contribution in [0.5, 0.6) is 5.75 Å². The topological polar surface area (TPSA) is 91.8 Å². The number of hydrogen-bond donors (Lipinski definition) is 1. The van der Waals surface area contributed by atoms with Crippen molar-refractivity contribution >= 4 is 17.6 Å². The molecule has 1 amide bonds. The van der Waals surface area contributed by atoms with Crippen LogP contribution in [-0.4, -0.2) is 105 Å². The molecule has 48 heavy (non-hydrogen) atoms. The van der Waals surface area contributed by atoms with E-state index in [9.17, 15) is 18.7 Å². The van der Waals surface area contributed by atoms with Gasteiger partial charge in [0.2, 0.25) is 0 Å². The third kappa shape index (κ3) is 5.65. The summed E-state index contributed by atoms with van der Waals surface area (Å²) in [4.78, 5) is 33.7. The zero-order valence-corrected chi connectivity index (χ0v) is 28.0. The molecule has 5 aliphatic rings. The molecule has 7 rings (SSSR count). The van der Waals surface area contributed by atoms with Crippen LogP contribution in [0.4, 0.5) is 14.5 Å². The van der Waals surface area contributed by atoms with Crippen LogP contribution in [0.3, 0.4) is 0 Å². The molecule has 0 aromatic heterocycles. The highest BCUT2D eigenvalue weighted by Crippen LogP contribution is 2.52. The van der Waals surface area contributed by atoms with Gasteiger partial charge in [0, 0.05) is 88.0 Å². The van der Waals surface area contributed by atoms with E-state index in [0.717, 1.165) is 48.2 Å². The summed E-state index contributed by atoms with van der Waals surface area (Å²) in [6.07, 6.45) is 2.51. The fraction of sp³-hybridized carbons (Fsp3) is 0.622. The van der Waals surface area contributed by atoms with Gasteiger partial charge in [-0.15, -0.1) is 0 Å². The number of carbonyl (C=O) groups excluding carboxylic acids is 1. The summed E-state index contributed by atoms with van der Waals surface area (Å²) >= 11 is 0. The lowest BCUT2D eigenvalue weighted by molar-refractivity contribution is -0.154. The molecule has 1 aliphatic carbocycles. The molecule has 4 heterocycles. The van der Waals surface area contributed by atoms with Gasteiger partial charge in [-0.3, -0.25) is 14.5 Å². The van der Waals surface area contributed by atoms with E-state index in [1.165, 1.54) is 6.07 Å². The van der Waals surface area contributed by atoms with Crippen LogP contribution in [-0.2, 0) is 19.1 Å². The number of ether oxygens (including phenoxy) is 3. The standard InChI is InChI=1S/C37H47F2N3O6/c1-46-26-9-4-22(5-10-26)31-20-41(25-7-11-27(47-2)12-8-25)21-37(31,48-3)36(45)40-18-29-28-13-6-23(34(38)39)16-32(28)42-15-14-24(35(43)44)17-33(42)30(29)19-40/h4-6,9-10,13,16,24-25,27,29-31,33-34H,7-8,11-12,14-15,17-21H2,1-3H3,(H,43,44)/t24?,25-,27-,29-,30+,31+,33?,37?/m1/s1. The maximum absolute atomic E-state index is 15.1. The van der Waals surface area contributed by atoms with Gasteiger partial charge in [-0.1, -0.05) is 24.3 Å². The number of anilines is 1. The van der Waals surface area contributed by atoms with Gasteiger partial charge >= 0.3 is 5.97 Å². The van der Waals surface area contributed by atoms with Gasteiger partial charge in [-0.2, -0.15) is 0 Å². The van der Waals surface area contributed by atoms with Crippen LogP contribution in [0, 0.1) is 11.8 Å². The number of carboxylic acids is 1. The highest BCUT2D eigenvalue weighted by molar-refractivity contribution is 5.88. The van der Waals surface area contributed by atoms with Crippen LogP contribution in [0.15, 0.2) is 42.5 Å².